The van der Waals surface area contributed by atoms with Crippen molar-refractivity contribution in [2.75, 3.05) is 20.6 Å². The molecule has 0 aliphatic carbocycles. The number of fused-ring (bicyclic) bond motifs is 1. The van der Waals surface area contributed by atoms with Crippen molar-refractivity contribution in [2.45, 2.75) is 18.4 Å². The van der Waals surface area contributed by atoms with Crippen LogP contribution in [0.1, 0.15) is 5.69 Å². The average molecular weight is 370 g/mol. The van der Waals surface area contributed by atoms with Gasteiger partial charge in [-0.05, 0) is 62.8 Å². The van der Waals surface area contributed by atoms with Crippen molar-refractivity contribution in [3.05, 3.63) is 60.3 Å². The highest BCUT2D eigenvalue weighted by Gasteiger charge is 2.17. The first-order chi connectivity index (χ1) is 12.5. The van der Waals surface area contributed by atoms with E-state index in [9.17, 15) is 4.39 Å². The number of hydrogen-bond donors (Lipinski definition) is 1. The van der Waals surface area contributed by atoms with Crippen LogP contribution in [0.4, 0.5) is 4.39 Å². The molecule has 3 rings (SSSR count). The number of allylic oxidation sites excluding steroid dienone is 1. The molecule has 2 N–H and O–H groups in total. The summed E-state index contributed by atoms with van der Waals surface area (Å²) in [7, 11) is 4.04. The van der Waals surface area contributed by atoms with Crippen LogP contribution in [-0.2, 0) is 6.54 Å². The number of nitrogens with zero attached hydrogens (tertiary/aromatic N) is 3. The van der Waals surface area contributed by atoms with E-state index in [-0.39, 0.29) is 18.9 Å². The Bertz CT molecular complexity index is 946. The van der Waals surface area contributed by atoms with Crippen molar-refractivity contribution in [3.8, 4) is 11.1 Å². The first kappa shape index (κ1) is 18.6. The van der Waals surface area contributed by atoms with E-state index in [1.807, 2.05) is 37.8 Å². The highest BCUT2D eigenvalue weighted by Crippen LogP contribution is 2.36. The summed E-state index contributed by atoms with van der Waals surface area (Å²) in [6, 6.07) is 10.3. The van der Waals surface area contributed by atoms with Crippen molar-refractivity contribution in [3.63, 3.8) is 0 Å². The van der Waals surface area contributed by atoms with Gasteiger partial charge in [0.05, 0.1) is 12.1 Å². The van der Waals surface area contributed by atoms with Crippen molar-refractivity contribution in [1.29, 1.82) is 0 Å². The van der Waals surface area contributed by atoms with Crippen LogP contribution < -0.4 is 5.73 Å². The molecule has 2 heterocycles. The molecule has 0 aliphatic heterocycles. The van der Waals surface area contributed by atoms with Crippen molar-refractivity contribution < 1.29 is 4.39 Å². The van der Waals surface area contributed by atoms with Crippen LogP contribution in [0.3, 0.4) is 0 Å². The van der Waals surface area contributed by atoms with E-state index in [4.69, 9.17) is 5.73 Å². The minimum absolute atomic E-state index is 0.176. The molecule has 4 nitrogen and oxygen atoms in total. The lowest BCUT2D eigenvalue weighted by atomic mass is 10.0. The summed E-state index contributed by atoms with van der Waals surface area (Å²) in [6.07, 6.45) is 5.01. The minimum atomic E-state index is -0.229. The van der Waals surface area contributed by atoms with E-state index in [0.717, 1.165) is 32.6 Å². The standard InChI is InChI=1S/C20H23FN4S/c1-14-20(15-5-4-6-17(11-15)26-24(2)3)18-12-23-10-8-19(18)25(14)13-16(21)7-9-22/h4-8,10-12H,9,13,22H2,1-3H3/b16-7-. The van der Waals surface area contributed by atoms with Gasteiger partial charge in [0, 0.05) is 40.5 Å². The lowest BCUT2D eigenvalue weighted by molar-refractivity contribution is 0.555. The van der Waals surface area contributed by atoms with Gasteiger partial charge >= 0.3 is 0 Å². The molecule has 0 saturated heterocycles. The maximum atomic E-state index is 14.2. The molecule has 6 heteroatoms. The molecule has 0 atom stereocenters. The van der Waals surface area contributed by atoms with Gasteiger partial charge in [0.25, 0.3) is 0 Å². The Balaban J connectivity index is 2.15. The number of nitrogens with two attached hydrogens (primary N) is 1. The largest absolute Gasteiger partial charge is 0.337 e. The van der Waals surface area contributed by atoms with Crippen LogP contribution in [0.2, 0.25) is 0 Å². The fourth-order valence-corrected chi connectivity index (χ4v) is 3.90. The maximum Gasteiger partial charge on any atom is 0.117 e. The van der Waals surface area contributed by atoms with Crippen LogP contribution in [-0.4, -0.2) is 34.5 Å². The van der Waals surface area contributed by atoms with E-state index < -0.39 is 0 Å². The highest BCUT2D eigenvalue weighted by atomic mass is 32.2. The maximum absolute atomic E-state index is 14.2. The van der Waals surface area contributed by atoms with E-state index in [1.54, 1.807) is 18.1 Å². The summed E-state index contributed by atoms with van der Waals surface area (Å²) < 4.78 is 18.2. The zero-order chi connectivity index (χ0) is 18.7. The van der Waals surface area contributed by atoms with Gasteiger partial charge in [0.1, 0.15) is 5.83 Å². The second-order valence-corrected chi connectivity index (χ2v) is 7.64. The molecule has 0 saturated carbocycles. The molecule has 0 radical (unpaired) electrons. The third-order valence-corrected chi connectivity index (χ3v) is 5.01. The second-order valence-electron chi connectivity index (χ2n) is 6.26. The zero-order valence-corrected chi connectivity index (χ0v) is 16.1. The molecule has 26 heavy (non-hydrogen) atoms. The molecule has 0 aliphatic rings. The Morgan fingerprint density at radius 2 is 2.15 bits per heavy atom. The summed E-state index contributed by atoms with van der Waals surface area (Å²) in [4.78, 5) is 5.44. The molecule has 1 aromatic carbocycles. The number of aromatic nitrogens is 2. The molecule has 136 valence electrons. The molecule has 3 aromatic rings. The monoisotopic (exact) mass is 370 g/mol. The number of benzene rings is 1. The molecule has 0 fully saturated rings. The molecule has 2 aromatic heterocycles. The van der Waals surface area contributed by atoms with E-state index in [1.165, 1.54) is 6.08 Å². The zero-order valence-electron chi connectivity index (χ0n) is 15.2. The first-order valence-electron chi connectivity index (χ1n) is 8.44. The van der Waals surface area contributed by atoms with Crippen LogP contribution in [0.15, 0.2) is 59.5 Å². The lowest BCUT2D eigenvalue weighted by Gasteiger charge is -2.11. The van der Waals surface area contributed by atoms with Crippen molar-refractivity contribution in [1.82, 2.24) is 13.9 Å². The van der Waals surface area contributed by atoms with Gasteiger partial charge < -0.3 is 10.3 Å². The van der Waals surface area contributed by atoms with Gasteiger partial charge in [0.2, 0.25) is 0 Å². The van der Waals surface area contributed by atoms with Crippen molar-refractivity contribution in [2.24, 2.45) is 5.73 Å². The van der Waals surface area contributed by atoms with Crippen LogP contribution in [0.5, 0.6) is 0 Å². The van der Waals surface area contributed by atoms with Crippen LogP contribution >= 0.6 is 11.9 Å². The lowest BCUT2D eigenvalue weighted by Crippen LogP contribution is -2.03. The third-order valence-electron chi connectivity index (χ3n) is 4.18. The van der Waals surface area contributed by atoms with Gasteiger partial charge in [-0.2, -0.15) is 0 Å². The predicted octanol–water partition coefficient (Wildman–Crippen LogP) is 4.39. The number of rotatable bonds is 6. The van der Waals surface area contributed by atoms with Gasteiger partial charge in [-0.15, -0.1) is 0 Å². The first-order valence-corrected chi connectivity index (χ1v) is 9.21. The summed E-state index contributed by atoms with van der Waals surface area (Å²) >= 11 is 1.67. The molecule has 0 bridgehead atoms. The second kappa shape index (κ2) is 8.03. The highest BCUT2D eigenvalue weighted by molar-refractivity contribution is 7.97. The summed E-state index contributed by atoms with van der Waals surface area (Å²) in [6.45, 7) is 2.40. The molecule has 0 amide bonds. The third kappa shape index (κ3) is 3.82. The SMILES string of the molecule is Cc1c(-c2cccc(SN(C)C)c2)c2cnccc2n1C/C(F)=C/CN. The summed E-state index contributed by atoms with van der Waals surface area (Å²) in [5.41, 5.74) is 9.63. The number of pyridine rings is 1. The molecule has 0 unspecified atom stereocenters. The Morgan fingerprint density at radius 3 is 2.88 bits per heavy atom. The van der Waals surface area contributed by atoms with E-state index >= 15 is 0 Å². The average Bonchev–Trinajstić information content (AvgIpc) is 2.87. The summed E-state index contributed by atoms with van der Waals surface area (Å²) in [5.74, 6) is -0.229. The smallest absolute Gasteiger partial charge is 0.117 e. The number of hydrogen-bond acceptors (Lipinski definition) is 4. The Morgan fingerprint density at radius 1 is 1.35 bits per heavy atom. The summed E-state index contributed by atoms with van der Waals surface area (Å²) in [5, 5.41) is 1.03. The normalized spacial score (nSPS) is 12.3. The fourth-order valence-electron chi connectivity index (χ4n) is 3.16. The van der Waals surface area contributed by atoms with Gasteiger partial charge in [-0.3, -0.25) is 9.29 Å². The van der Waals surface area contributed by atoms with E-state index in [0.29, 0.717) is 0 Å². The van der Waals surface area contributed by atoms with Crippen molar-refractivity contribution >= 4 is 22.9 Å². The molecule has 0 spiro atoms. The van der Waals surface area contributed by atoms with Gasteiger partial charge in [-0.25, -0.2) is 4.39 Å². The quantitative estimate of drug-likeness (QED) is 0.654. The Hall–Kier alpha value is -2.15. The van der Waals surface area contributed by atoms with Crippen LogP contribution in [0.25, 0.3) is 22.0 Å². The van der Waals surface area contributed by atoms with Crippen LogP contribution in [0, 0.1) is 6.92 Å². The predicted molar refractivity (Wildman–Crippen MR) is 108 cm³/mol. The molecular weight excluding hydrogens is 347 g/mol. The Kier molecular flexibility index (Phi) is 5.76. The topological polar surface area (TPSA) is 47.1 Å². The van der Waals surface area contributed by atoms with Gasteiger partial charge in [-0.1, -0.05) is 12.1 Å². The minimum Gasteiger partial charge on any atom is -0.337 e. The van der Waals surface area contributed by atoms with E-state index in [2.05, 4.69) is 33.6 Å². The molecular formula is C20H23FN4S. The fraction of sp³-hybridized carbons (Fsp3) is 0.250. The number of halogens is 1. The Labute approximate surface area is 157 Å². The van der Waals surface area contributed by atoms with Gasteiger partial charge in [0.15, 0.2) is 0 Å².